The van der Waals surface area contributed by atoms with Crippen molar-refractivity contribution in [2.45, 2.75) is 42.6 Å². The molecule has 3 aliphatic heterocycles. The van der Waals surface area contributed by atoms with Gasteiger partial charge in [-0.3, -0.25) is 19.3 Å². The number of ether oxygens (including phenoxy) is 2. The number of nitrogens with zero attached hydrogens (tertiary/aromatic N) is 2. The lowest BCUT2D eigenvalue weighted by Crippen LogP contribution is -2.54. The minimum Gasteiger partial charge on any atom is -0.491 e. The van der Waals surface area contributed by atoms with Gasteiger partial charge >= 0.3 is 5.97 Å². The van der Waals surface area contributed by atoms with Gasteiger partial charge in [-0.2, -0.15) is 0 Å². The summed E-state index contributed by atoms with van der Waals surface area (Å²) < 4.78 is 12.2. The van der Waals surface area contributed by atoms with Crippen molar-refractivity contribution in [2.75, 3.05) is 25.1 Å². The van der Waals surface area contributed by atoms with Crippen molar-refractivity contribution in [2.24, 2.45) is 5.92 Å². The first kappa shape index (κ1) is 37.8. The number of aliphatic hydroxyl groups excluding tert-OH is 2. The molecule has 1 aromatic heterocycles. The van der Waals surface area contributed by atoms with Crippen molar-refractivity contribution in [3.63, 3.8) is 0 Å². The average Bonchev–Trinajstić information content (AvgIpc) is 3.93. The molecule has 12 heteroatoms. The van der Waals surface area contributed by atoms with E-state index in [1.54, 1.807) is 24.3 Å². The number of nitrogens with one attached hydrogen (secondary N) is 3. The Morgan fingerprint density at radius 3 is 2.31 bits per heavy atom. The third kappa shape index (κ3) is 6.59. The molecular weight excluding hydrogens is 747 g/mol. The van der Waals surface area contributed by atoms with Gasteiger partial charge in [0.15, 0.2) is 0 Å². The number of carbonyl (C=O) groups is 3. The zero-order valence-corrected chi connectivity index (χ0v) is 31.9. The molecule has 2 saturated heterocycles. The van der Waals surface area contributed by atoms with Crippen molar-refractivity contribution >= 4 is 34.5 Å². The molecule has 6 unspecified atom stereocenters. The van der Waals surface area contributed by atoms with Crippen LogP contribution in [-0.2, 0) is 31.1 Å². The highest BCUT2D eigenvalue weighted by molar-refractivity contribution is 6.12. The summed E-state index contributed by atoms with van der Waals surface area (Å²) in [5, 5.41) is 25.1. The molecule has 0 bridgehead atoms. The number of hydrogen-bond acceptors (Lipinski definition) is 9. The first-order chi connectivity index (χ1) is 28.9. The minimum absolute atomic E-state index is 0.000669. The van der Waals surface area contributed by atoms with Crippen LogP contribution in [0.1, 0.15) is 58.3 Å². The first-order valence-corrected chi connectivity index (χ1v) is 19.6. The number of fused-ring (bicyclic) bond motifs is 4. The third-order valence-electron chi connectivity index (χ3n) is 11.5. The molecule has 2 amide bonds. The van der Waals surface area contributed by atoms with Crippen molar-refractivity contribution in [1.82, 2.24) is 20.2 Å². The zero-order chi connectivity index (χ0) is 40.5. The molecule has 59 heavy (non-hydrogen) atoms. The second-order valence-corrected chi connectivity index (χ2v) is 14.8. The molecular formula is C47H41N5O7. The number of imidazole rings is 1. The molecule has 2 fully saturated rings. The summed E-state index contributed by atoms with van der Waals surface area (Å²) in [6.45, 7) is -0.196. The molecule has 9 rings (SSSR count). The van der Waals surface area contributed by atoms with Crippen LogP contribution in [-0.4, -0.2) is 68.7 Å². The van der Waals surface area contributed by atoms with E-state index in [1.807, 2.05) is 108 Å². The van der Waals surface area contributed by atoms with Gasteiger partial charge in [0.25, 0.3) is 0 Å². The van der Waals surface area contributed by atoms with Gasteiger partial charge in [0.2, 0.25) is 11.8 Å². The van der Waals surface area contributed by atoms with E-state index >= 15 is 14.4 Å². The number of amides is 2. The number of esters is 1. The third-order valence-corrected chi connectivity index (χ3v) is 11.5. The molecule has 3 aliphatic rings. The summed E-state index contributed by atoms with van der Waals surface area (Å²) >= 11 is 0. The summed E-state index contributed by atoms with van der Waals surface area (Å²) in [5.74, 6) is 4.16. The number of hydrogen-bond donors (Lipinski definition) is 5. The number of benzene rings is 5. The van der Waals surface area contributed by atoms with E-state index in [0.29, 0.717) is 34.0 Å². The normalized spacial score (nSPS) is 23.2. The van der Waals surface area contributed by atoms with E-state index in [2.05, 4.69) is 32.4 Å². The van der Waals surface area contributed by atoms with Crippen LogP contribution < -0.4 is 15.4 Å². The fraction of sp³-hybridized carbons (Fsp3) is 0.234. The van der Waals surface area contributed by atoms with Crippen molar-refractivity contribution in [1.29, 1.82) is 0 Å². The lowest BCUT2D eigenvalue weighted by atomic mass is 9.65. The molecule has 5 N–H and O–H groups in total. The molecule has 0 aliphatic carbocycles. The first-order valence-electron chi connectivity index (χ1n) is 19.6. The maximum Gasteiger partial charge on any atom is 0.324 e. The molecule has 1 spiro atoms. The van der Waals surface area contributed by atoms with E-state index in [0.717, 1.165) is 22.2 Å². The molecule has 4 heterocycles. The van der Waals surface area contributed by atoms with Crippen LogP contribution >= 0.6 is 0 Å². The summed E-state index contributed by atoms with van der Waals surface area (Å²) in [4.78, 5) is 55.6. The van der Waals surface area contributed by atoms with Gasteiger partial charge in [-0.15, -0.1) is 0 Å². The Kier molecular flexibility index (Phi) is 10.2. The highest BCUT2D eigenvalue weighted by Crippen LogP contribution is 2.64. The second kappa shape index (κ2) is 15.9. The predicted octanol–water partition coefficient (Wildman–Crippen LogP) is 5.26. The highest BCUT2D eigenvalue weighted by Gasteiger charge is 2.74. The van der Waals surface area contributed by atoms with Gasteiger partial charge < -0.3 is 35.3 Å². The summed E-state index contributed by atoms with van der Waals surface area (Å²) in [7, 11) is 0. The van der Waals surface area contributed by atoms with Crippen LogP contribution in [0.2, 0.25) is 0 Å². The topological polar surface area (TPSA) is 166 Å². The Balaban J connectivity index is 1.28. The van der Waals surface area contributed by atoms with E-state index in [9.17, 15) is 10.2 Å². The van der Waals surface area contributed by atoms with Gasteiger partial charge in [-0.25, -0.2) is 4.98 Å². The molecule has 0 saturated carbocycles. The Hall–Kier alpha value is -6.78. The largest absolute Gasteiger partial charge is 0.491 e. The maximum absolute atomic E-state index is 15.4. The Labute approximate surface area is 340 Å². The summed E-state index contributed by atoms with van der Waals surface area (Å²) in [6, 6.07) is 36.5. The minimum atomic E-state index is -1.71. The van der Waals surface area contributed by atoms with Crippen LogP contribution in [0.4, 0.5) is 5.69 Å². The smallest absolute Gasteiger partial charge is 0.324 e. The van der Waals surface area contributed by atoms with E-state index in [-0.39, 0.29) is 32.8 Å². The zero-order valence-electron chi connectivity index (χ0n) is 31.9. The van der Waals surface area contributed by atoms with E-state index in [1.165, 1.54) is 0 Å². The molecule has 6 atom stereocenters. The number of para-hydroxylation sites is 2. The lowest BCUT2D eigenvalue weighted by Gasteiger charge is -2.46. The number of carbonyl (C=O) groups excluding carboxylic acids is 3. The highest BCUT2D eigenvalue weighted by atomic mass is 16.6. The fourth-order valence-electron chi connectivity index (χ4n) is 9.17. The van der Waals surface area contributed by atoms with Gasteiger partial charge in [0.05, 0.1) is 48.8 Å². The number of H-pyrrole nitrogens is 1. The Bertz CT molecular complexity index is 2550. The SMILES string of the molecule is O=C1OC(c2ccccc2)C(c2ccccc2)N2C1C(C(=O)NCc1nc3ccccc3[nH]1)C1(C(=O)Nc3ccc(C#CCCO)cc31)C2c1ccc(OCCO)cc1. The summed E-state index contributed by atoms with van der Waals surface area (Å²) in [6.07, 6.45) is -0.563. The van der Waals surface area contributed by atoms with E-state index in [4.69, 9.17) is 9.47 Å². The second-order valence-electron chi connectivity index (χ2n) is 14.8. The van der Waals surface area contributed by atoms with Gasteiger partial charge in [-0.1, -0.05) is 96.8 Å². The van der Waals surface area contributed by atoms with Crippen LogP contribution in [0.25, 0.3) is 11.0 Å². The average molecular weight is 788 g/mol. The van der Waals surface area contributed by atoms with Crippen molar-refractivity contribution < 1.29 is 34.1 Å². The summed E-state index contributed by atoms with van der Waals surface area (Å²) in [5.41, 5.74) is 3.65. The van der Waals surface area contributed by atoms with Crippen molar-refractivity contribution in [3.05, 3.63) is 161 Å². The van der Waals surface area contributed by atoms with Crippen LogP contribution in [0.5, 0.6) is 5.75 Å². The molecule has 296 valence electrons. The number of anilines is 1. The Morgan fingerprint density at radius 2 is 1.58 bits per heavy atom. The van der Waals surface area contributed by atoms with Gasteiger partial charge in [0.1, 0.15) is 35.7 Å². The van der Waals surface area contributed by atoms with Crippen molar-refractivity contribution in [3.8, 4) is 17.6 Å². The molecule has 0 radical (unpaired) electrons. The number of aromatic nitrogens is 2. The predicted molar refractivity (Wildman–Crippen MR) is 219 cm³/mol. The van der Waals surface area contributed by atoms with Crippen LogP contribution in [0.15, 0.2) is 127 Å². The number of cyclic esters (lactones) is 1. The number of morpholine rings is 1. The van der Waals surface area contributed by atoms with Gasteiger partial charge in [-0.05, 0) is 64.7 Å². The number of aromatic amines is 1. The monoisotopic (exact) mass is 787 g/mol. The van der Waals surface area contributed by atoms with E-state index < -0.39 is 53.3 Å². The molecule has 12 nitrogen and oxygen atoms in total. The number of aliphatic hydroxyl groups is 2. The lowest BCUT2D eigenvalue weighted by molar-refractivity contribution is -0.178. The fourth-order valence-corrected chi connectivity index (χ4v) is 9.17. The molecule has 5 aromatic carbocycles. The maximum atomic E-state index is 15.4. The van der Waals surface area contributed by atoms with Crippen LogP contribution in [0.3, 0.4) is 0 Å². The number of rotatable bonds is 10. The standard InChI is InChI=1S/C47H41N5O7/c53-24-10-9-11-29-18-23-35-34(27-29)47(46(57)51-35)39(44(55)48-28-38-49-36-16-7-8-17-37(36)50-38)41-45(56)59-42(31-14-5-2-6-15-31)40(30-12-3-1-4-13-30)52(41)43(47)32-19-21-33(22-20-32)58-26-25-54/h1-8,12-23,27,39-43,53-54H,10,24-26,28H2,(H,48,55)(H,49,50)(H,51,57). The molecule has 6 aromatic rings. The van der Waals surface area contributed by atoms with Crippen LogP contribution in [0, 0.1) is 17.8 Å². The van der Waals surface area contributed by atoms with Gasteiger partial charge in [0, 0.05) is 17.7 Å². The quantitative estimate of drug-likeness (QED) is 0.0921. The Morgan fingerprint density at radius 1 is 0.847 bits per heavy atom.